The van der Waals surface area contributed by atoms with Crippen LogP contribution in [0.3, 0.4) is 0 Å². The Morgan fingerprint density at radius 3 is 1.44 bits per heavy atom. The summed E-state index contributed by atoms with van der Waals surface area (Å²) >= 11 is 2.88. The van der Waals surface area contributed by atoms with Crippen molar-refractivity contribution in [3.8, 4) is 11.5 Å². The number of esters is 2. The number of methoxy groups -OCH3 is 3. The summed E-state index contributed by atoms with van der Waals surface area (Å²) in [6, 6.07) is 25.5. The molecule has 13 heteroatoms. The molecule has 4 rings (SSSR count). The topological polar surface area (TPSA) is 89.5 Å². The maximum Gasteiger partial charge on any atom is 0.342 e. The van der Waals surface area contributed by atoms with Crippen LogP contribution in [0.1, 0.15) is 39.3 Å². The Labute approximate surface area is 315 Å². The zero-order valence-corrected chi connectivity index (χ0v) is 32.3. The second-order valence-corrected chi connectivity index (χ2v) is 19.8. The summed E-state index contributed by atoms with van der Waals surface area (Å²) < 4.78 is 59.8. The molecule has 52 heavy (non-hydrogen) atoms. The van der Waals surface area contributed by atoms with Gasteiger partial charge in [-0.25, -0.2) is 18.4 Å². The minimum Gasteiger partial charge on any atom is -0.467 e. The number of halogens is 2. The van der Waals surface area contributed by atoms with Gasteiger partial charge in [-0.15, -0.1) is 23.5 Å². The second-order valence-electron chi connectivity index (χ2n) is 12.0. The Morgan fingerprint density at radius 1 is 0.635 bits per heavy atom. The number of carbonyl (C=O) groups is 2. The smallest absolute Gasteiger partial charge is 0.342 e. The van der Waals surface area contributed by atoms with Gasteiger partial charge in [0.2, 0.25) is 0 Å². The number of rotatable bonds is 17. The molecule has 0 saturated heterocycles. The Morgan fingerprint density at radius 2 is 1.06 bits per heavy atom. The number of carbonyl (C=O) groups excluding carboxylic acids is 2. The fourth-order valence-corrected chi connectivity index (χ4v) is 6.99. The number of thioether (sulfide) groups is 2. The maximum atomic E-state index is 14.6. The predicted octanol–water partition coefficient (Wildman–Crippen LogP) is 10.1. The molecule has 0 aliphatic rings. The zero-order valence-electron chi connectivity index (χ0n) is 29.7. The summed E-state index contributed by atoms with van der Waals surface area (Å²) in [7, 11) is 2.85. The molecule has 8 nitrogen and oxygen atoms in total. The van der Waals surface area contributed by atoms with E-state index in [2.05, 4.69) is 19.6 Å². The van der Waals surface area contributed by atoms with Crippen molar-refractivity contribution >= 4 is 43.5 Å². The molecule has 0 aromatic heterocycles. The van der Waals surface area contributed by atoms with Gasteiger partial charge in [0, 0.05) is 54.7 Å². The number of hydrogen-bond acceptors (Lipinski definition) is 10. The molecule has 0 fully saturated rings. The third kappa shape index (κ3) is 14.3. The summed E-state index contributed by atoms with van der Waals surface area (Å²) in [5, 5.41) is 0. The first-order valence-corrected chi connectivity index (χ1v) is 21.6. The van der Waals surface area contributed by atoms with Crippen LogP contribution in [-0.2, 0) is 30.5 Å². The fourth-order valence-electron chi connectivity index (χ4n) is 4.39. The lowest BCUT2D eigenvalue weighted by atomic mass is 10.1. The molecule has 282 valence electrons. The van der Waals surface area contributed by atoms with Gasteiger partial charge in [0.1, 0.15) is 34.3 Å². The molecule has 0 spiro atoms. The van der Waals surface area contributed by atoms with Gasteiger partial charge < -0.3 is 28.4 Å². The minimum absolute atomic E-state index is 0. The Bertz CT molecular complexity index is 1690. The largest absolute Gasteiger partial charge is 0.467 e. The molecule has 0 heterocycles. The summed E-state index contributed by atoms with van der Waals surface area (Å²) in [5.74, 6) is -1.05. The first kappa shape index (κ1) is 44.3. The molecule has 0 amide bonds. The van der Waals surface area contributed by atoms with E-state index in [0.29, 0.717) is 12.4 Å². The lowest BCUT2D eigenvalue weighted by Crippen LogP contribution is -2.23. The Hall–Kier alpha value is -3.88. The summed E-state index contributed by atoms with van der Waals surface area (Å²) in [4.78, 5) is 26.8. The van der Waals surface area contributed by atoms with Gasteiger partial charge in [0.25, 0.3) is 0 Å². The number of ether oxygens (including phenoxy) is 6. The van der Waals surface area contributed by atoms with E-state index >= 15 is 0 Å². The van der Waals surface area contributed by atoms with E-state index in [0.717, 1.165) is 15.8 Å². The van der Waals surface area contributed by atoms with Crippen LogP contribution < -0.4 is 9.47 Å². The van der Waals surface area contributed by atoms with Gasteiger partial charge in [-0.1, -0.05) is 63.5 Å². The van der Waals surface area contributed by atoms with Crippen molar-refractivity contribution in [3.63, 3.8) is 0 Å². The van der Waals surface area contributed by atoms with Crippen molar-refractivity contribution in [1.82, 2.24) is 0 Å². The van der Waals surface area contributed by atoms with Crippen molar-refractivity contribution in [3.05, 3.63) is 119 Å². The Kier molecular flexibility index (Phi) is 19.5. The molecular weight excluding hydrogens is 727 g/mol. The molecule has 0 aliphatic carbocycles. The normalized spacial score (nSPS) is 10.7. The molecular formula is C39H48F2O8S2Si. The average molecular weight is 775 g/mol. The highest BCUT2D eigenvalue weighted by atomic mass is 32.2. The van der Waals surface area contributed by atoms with Crippen molar-refractivity contribution in [1.29, 1.82) is 0 Å². The van der Waals surface area contributed by atoms with Gasteiger partial charge in [-0.2, -0.15) is 0 Å². The third-order valence-electron chi connectivity index (χ3n) is 7.03. The first-order chi connectivity index (χ1) is 24.5. The van der Waals surface area contributed by atoms with Crippen LogP contribution in [-0.4, -0.2) is 61.5 Å². The standard InChI is InChI=1S/C21H27FO4SSi.C17H17FO4S.CH4/c1-24-15-26-19-11-10-18(22)17(14-27-16-8-6-5-7-9-16)20(19)21(23)25-12-13-28(2,3)4;1-20-11-22-15-9-8-14(18)13(16(15)17(19)21-2)10-23-12-6-4-3-5-7-12;/h5-11H,12-15H2,1-4H3;3-9H,10-11H2,1-2H3;1H4. The fraction of sp³-hybridized carbons (Fsp3) is 0.333. The average Bonchev–Trinajstić information content (AvgIpc) is 3.12. The zero-order chi connectivity index (χ0) is 37.2. The van der Waals surface area contributed by atoms with E-state index in [1.165, 1.54) is 69.1 Å². The van der Waals surface area contributed by atoms with Crippen molar-refractivity contribution in [2.24, 2.45) is 0 Å². The minimum atomic E-state index is -1.35. The lowest BCUT2D eigenvalue weighted by molar-refractivity contribution is 0.0433. The monoisotopic (exact) mass is 774 g/mol. The van der Waals surface area contributed by atoms with E-state index in [1.54, 1.807) is 0 Å². The predicted molar refractivity (Wildman–Crippen MR) is 206 cm³/mol. The molecule has 0 N–H and O–H groups in total. The van der Waals surface area contributed by atoms with Crippen LogP contribution in [0.15, 0.2) is 94.7 Å². The summed E-state index contributed by atoms with van der Waals surface area (Å²) in [6.07, 6.45) is 0. The van der Waals surface area contributed by atoms with Crippen LogP contribution in [0.25, 0.3) is 0 Å². The first-order valence-electron chi connectivity index (χ1n) is 16.0. The van der Waals surface area contributed by atoms with Crippen LogP contribution >= 0.6 is 23.5 Å². The van der Waals surface area contributed by atoms with E-state index < -0.39 is 31.6 Å². The third-order valence-corrected chi connectivity index (χ3v) is 10.8. The van der Waals surface area contributed by atoms with Crippen molar-refractivity contribution in [2.75, 3.05) is 41.5 Å². The molecule has 0 atom stereocenters. The van der Waals surface area contributed by atoms with Crippen LogP contribution in [0, 0.1) is 11.6 Å². The van der Waals surface area contributed by atoms with Crippen molar-refractivity contribution < 1.29 is 46.8 Å². The quantitative estimate of drug-likeness (QED) is 0.0447. The highest BCUT2D eigenvalue weighted by Gasteiger charge is 2.25. The van der Waals surface area contributed by atoms with Gasteiger partial charge in [-0.05, 0) is 54.6 Å². The van der Waals surface area contributed by atoms with Crippen LogP contribution in [0.4, 0.5) is 8.78 Å². The SMILES string of the molecule is C.COCOc1ccc(F)c(CSc2ccccc2)c1C(=O)OC.COCOc1ccc(F)c(CSc2ccccc2)c1C(=O)OCC[Si](C)(C)C. The molecule has 0 aliphatic heterocycles. The van der Waals surface area contributed by atoms with Gasteiger partial charge in [0.15, 0.2) is 13.6 Å². The van der Waals surface area contributed by atoms with Crippen LogP contribution in [0.2, 0.25) is 25.7 Å². The second kappa shape index (κ2) is 22.9. The molecule has 0 radical (unpaired) electrons. The van der Waals surface area contributed by atoms with E-state index in [9.17, 15) is 18.4 Å². The van der Waals surface area contributed by atoms with Gasteiger partial charge in [-0.3, -0.25) is 0 Å². The number of hydrogen-bond donors (Lipinski definition) is 0. The highest BCUT2D eigenvalue weighted by Crippen LogP contribution is 2.33. The summed E-state index contributed by atoms with van der Waals surface area (Å²) in [5.41, 5.74) is 0.754. The number of benzene rings is 4. The molecule has 4 aromatic carbocycles. The van der Waals surface area contributed by atoms with E-state index in [-0.39, 0.29) is 60.5 Å². The molecule has 0 saturated carbocycles. The Balaban J connectivity index is 0.000000360. The maximum absolute atomic E-state index is 14.6. The molecule has 0 bridgehead atoms. The highest BCUT2D eigenvalue weighted by molar-refractivity contribution is 7.98. The van der Waals surface area contributed by atoms with E-state index in [4.69, 9.17) is 28.4 Å². The van der Waals surface area contributed by atoms with E-state index in [1.807, 2.05) is 60.7 Å². The van der Waals surface area contributed by atoms with Gasteiger partial charge in [0.05, 0.1) is 13.7 Å². The molecule has 4 aromatic rings. The lowest BCUT2D eigenvalue weighted by Gasteiger charge is -2.18. The van der Waals surface area contributed by atoms with Gasteiger partial charge >= 0.3 is 11.9 Å². The summed E-state index contributed by atoms with van der Waals surface area (Å²) in [6.45, 7) is 6.86. The molecule has 0 unspecified atom stereocenters. The van der Waals surface area contributed by atoms with Crippen molar-refractivity contribution in [2.45, 2.75) is 54.4 Å². The van der Waals surface area contributed by atoms with Crippen LogP contribution in [0.5, 0.6) is 11.5 Å².